The lowest BCUT2D eigenvalue weighted by molar-refractivity contribution is -0.891. The lowest BCUT2D eigenvalue weighted by Gasteiger charge is -2.29. The Morgan fingerprint density at radius 1 is 0.704 bits per heavy atom. The van der Waals surface area contributed by atoms with E-state index in [1.54, 1.807) is 0 Å². The van der Waals surface area contributed by atoms with Crippen molar-refractivity contribution in [3.05, 3.63) is 0 Å². The second kappa shape index (κ2) is 20.4. The third-order valence-electron chi connectivity index (χ3n) is 4.99. The number of halogens is 1. The van der Waals surface area contributed by atoms with Crippen molar-refractivity contribution in [3.63, 3.8) is 0 Å². The average molecular weight is 408 g/mol. The van der Waals surface area contributed by atoms with Crippen molar-refractivity contribution in [3.8, 4) is 0 Å². The maximum Gasteiger partial charge on any atom is 0.302 e. The highest BCUT2D eigenvalue weighted by Gasteiger charge is 2.13. The van der Waals surface area contributed by atoms with Crippen molar-refractivity contribution in [2.24, 2.45) is 0 Å². The van der Waals surface area contributed by atoms with Crippen molar-refractivity contribution in [2.75, 3.05) is 47.0 Å². The van der Waals surface area contributed by atoms with E-state index < -0.39 is 0 Å². The first-order valence-corrected chi connectivity index (χ1v) is 11.0. The minimum absolute atomic E-state index is 0. The van der Waals surface area contributed by atoms with Gasteiger partial charge in [-0.2, -0.15) is 0 Å². The van der Waals surface area contributed by atoms with Crippen molar-refractivity contribution in [1.29, 1.82) is 0 Å². The Labute approximate surface area is 175 Å². The summed E-state index contributed by atoms with van der Waals surface area (Å²) in [5, 5.41) is 0. The van der Waals surface area contributed by atoms with Crippen LogP contribution in [-0.4, -0.2) is 57.5 Å². The quantitative estimate of drug-likeness (QED) is 0.187. The molecule has 0 radical (unpaired) electrons. The number of carbonyl (C=O) groups is 1. The number of hydrogen-bond acceptors (Lipinski definition) is 3. The van der Waals surface area contributed by atoms with Crippen molar-refractivity contribution in [1.82, 2.24) is 0 Å². The van der Waals surface area contributed by atoms with E-state index in [2.05, 4.69) is 21.0 Å². The zero-order valence-corrected chi connectivity index (χ0v) is 19.3. The Hall–Kier alpha value is -0.320. The van der Waals surface area contributed by atoms with Gasteiger partial charge in [0.2, 0.25) is 0 Å². The van der Waals surface area contributed by atoms with Crippen LogP contribution in [0.4, 0.5) is 0 Å². The second-order valence-corrected chi connectivity index (χ2v) is 8.22. The fraction of sp³-hybridized carbons (Fsp3) is 0.955. The first-order valence-electron chi connectivity index (χ1n) is 11.0. The molecule has 164 valence electrons. The number of hydrogen-bond donors (Lipinski definition) is 0. The lowest BCUT2D eigenvalue weighted by Crippen LogP contribution is -3.00. The molecule has 0 rings (SSSR count). The Morgan fingerprint density at radius 3 is 1.67 bits per heavy atom. The number of quaternary nitrogens is 1. The highest BCUT2D eigenvalue weighted by Crippen LogP contribution is 2.12. The first kappa shape index (κ1) is 28.9. The van der Waals surface area contributed by atoms with E-state index in [0.717, 1.165) is 17.6 Å². The molecule has 0 atom stereocenters. The van der Waals surface area contributed by atoms with E-state index in [0.29, 0.717) is 13.2 Å². The SMILES string of the molecule is CCCCCCCCCCCCCC[N+](C)(C)CCOCCOC(C)=O.[Cl-]. The van der Waals surface area contributed by atoms with Crippen LogP contribution >= 0.6 is 0 Å². The van der Waals surface area contributed by atoms with E-state index in [4.69, 9.17) is 9.47 Å². The largest absolute Gasteiger partial charge is 1.00 e. The molecule has 4 nitrogen and oxygen atoms in total. The molecule has 0 spiro atoms. The standard InChI is InChI=1S/C22H46NO3.ClH/c1-5-6-7-8-9-10-11-12-13-14-15-16-17-23(3,4)18-19-25-20-21-26-22(2)24;/h5-21H2,1-4H3;1H/q+1;/p-1. The van der Waals surface area contributed by atoms with Crippen LogP contribution < -0.4 is 12.4 Å². The molecule has 5 heteroatoms. The molecule has 0 unspecified atom stereocenters. The smallest absolute Gasteiger partial charge is 0.302 e. The second-order valence-electron chi connectivity index (χ2n) is 8.22. The Morgan fingerprint density at radius 2 is 1.19 bits per heavy atom. The lowest BCUT2D eigenvalue weighted by atomic mass is 10.1. The van der Waals surface area contributed by atoms with Gasteiger partial charge in [-0.15, -0.1) is 0 Å². The van der Waals surface area contributed by atoms with Gasteiger partial charge in [0.1, 0.15) is 13.2 Å². The van der Waals surface area contributed by atoms with Gasteiger partial charge in [0.05, 0.1) is 33.9 Å². The number of esters is 1. The monoisotopic (exact) mass is 407 g/mol. The summed E-state index contributed by atoms with van der Waals surface area (Å²) >= 11 is 0. The molecule has 0 aromatic rings. The molecule has 0 aliphatic carbocycles. The summed E-state index contributed by atoms with van der Waals surface area (Å²) in [6.07, 6.45) is 16.8. The molecular weight excluding hydrogens is 362 g/mol. The van der Waals surface area contributed by atoms with E-state index in [1.807, 2.05) is 0 Å². The third kappa shape index (κ3) is 23.6. The molecule has 0 fully saturated rings. The summed E-state index contributed by atoms with van der Waals surface area (Å²) in [6, 6.07) is 0. The maximum atomic E-state index is 10.6. The highest BCUT2D eigenvalue weighted by atomic mass is 35.5. The molecule has 0 N–H and O–H groups in total. The maximum absolute atomic E-state index is 10.6. The molecule has 0 bridgehead atoms. The molecule has 27 heavy (non-hydrogen) atoms. The number of carbonyl (C=O) groups excluding carboxylic acids is 1. The van der Waals surface area contributed by atoms with E-state index in [1.165, 1.54) is 90.5 Å². The summed E-state index contributed by atoms with van der Waals surface area (Å²) < 4.78 is 11.4. The molecule has 0 aromatic carbocycles. The topological polar surface area (TPSA) is 35.5 Å². The van der Waals surface area contributed by atoms with Crippen LogP contribution in [0.15, 0.2) is 0 Å². The van der Waals surface area contributed by atoms with Gasteiger partial charge < -0.3 is 26.4 Å². The van der Waals surface area contributed by atoms with Gasteiger partial charge in [-0.25, -0.2) is 0 Å². The summed E-state index contributed by atoms with van der Waals surface area (Å²) in [7, 11) is 4.54. The van der Waals surface area contributed by atoms with Gasteiger partial charge in [-0.1, -0.05) is 71.1 Å². The van der Waals surface area contributed by atoms with E-state index in [-0.39, 0.29) is 18.4 Å². The van der Waals surface area contributed by atoms with Crippen molar-refractivity contribution in [2.45, 2.75) is 90.9 Å². The van der Waals surface area contributed by atoms with Crippen LogP contribution in [0.25, 0.3) is 0 Å². The van der Waals surface area contributed by atoms with Crippen molar-refractivity contribution < 1.29 is 31.2 Å². The summed E-state index contributed by atoms with van der Waals surface area (Å²) in [6.45, 7) is 7.52. The predicted molar refractivity (Wildman–Crippen MR) is 110 cm³/mol. The van der Waals surface area contributed by atoms with Gasteiger partial charge in [0, 0.05) is 6.92 Å². The van der Waals surface area contributed by atoms with E-state index in [9.17, 15) is 4.79 Å². The minimum atomic E-state index is -0.239. The molecular formula is C22H46ClNO3. The molecule has 0 saturated carbocycles. The zero-order chi connectivity index (χ0) is 19.5. The van der Waals surface area contributed by atoms with E-state index >= 15 is 0 Å². The van der Waals surface area contributed by atoms with Crippen LogP contribution in [0.5, 0.6) is 0 Å². The fourth-order valence-corrected chi connectivity index (χ4v) is 3.15. The molecule has 0 amide bonds. The zero-order valence-electron chi connectivity index (χ0n) is 18.6. The van der Waals surface area contributed by atoms with Gasteiger partial charge in [0.25, 0.3) is 0 Å². The number of nitrogens with zero attached hydrogens (tertiary/aromatic N) is 1. The summed E-state index contributed by atoms with van der Waals surface area (Å²) in [4.78, 5) is 10.6. The van der Waals surface area contributed by atoms with Crippen LogP contribution in [-0.2, 0) is 14.3 Å². The highest BCUT2D eigenvalue weighted by molar-refractivity contribution is 5.65. The average Bonchev–Trinajstić information content (AvgIpc) is 2.58. The summed E-state index contributed by atoms with van der Waals surface area (Å²) in [5.41, 5.74) is 0. The summed E-state index contributed by atoms with van der Waals surface area (Å²) in [5.74, 6) is -0.239. The number of likely N-dealkylation sites (N-methyl/N-ethyl adjacent to an activating group) is 1. The van der Waals surface area contributed by atoms with Gasteiger partial charge >= 0.3 is 5.97 Å². The molecule has 0 saturated heterocycles. The first-order chi connectivity index (χ1) is 12.5. The van der Waals surface area contributed by atoms with Crippen LogP contribution in [0.3, 0.4) is 0 Å². The van der Waals surface area contributed by atoms with Gasteiger partial charge in [-0.05, 0) is 12.8 Å². The van der Waals surface area contributed by atoms with Crippen LogP contribution in [0, 0.1) is 0 Å². The fourth-order valence-electron chi connectivity index (χ4n) is 3.15. The minimum Gasteiger partial charge on any atom is -1.00 e. The molecule has 0 aromatic heterocycles. The number of unbranched alkanes of at least 4 members (excludes halogenated alkanes) is 11. The van der Waals surface area contributed by atoms with Crippen molar-refractivity contribution >= 4 is 5.97 Å². The Kier molecular flexibility index (Phi) is 21.8. The number of ether oxygens (including phenoxy) is 2. The molecule has 0 aliphatic rings. The van der Waals surface area contributed by atoms with Crippen LogP contribution in [0.2, 0.25) is 0 Å². The molecule has 0 aliphatic heterocycles. The molecule has 0 heterocycles. The predicted octanol–water partition coefficient (Wildman–Crippen LogP) is 2.35. The Balaban J connectivity index is 0. The van der Waals surface area contributed by atoms with Crippen LogP contribution in [0.1, 0.15) is 90.9 Å². The third-order valence-corrected chi connectivity index (χ3v) is 4.99. The van der Waals surface area contributed by atoms with Gasteiger partial charge in [-0.3, -0.25) is 4.79 Å². The van der Waals surface area contributed by atoms with Gasteiger partial charge in [0.15, 0.2) is 0 Å². The normalized spacial score (nSPS) is 11.3. The Bertz CT molecular complexity index is 325. The number of rotatable bonds is 19.